The monoisotopic (exact) mass is 444 g/mol. The number of nitrogens with zero attached hydrogens (tertiary/aromatic N) is 2. The Morgan fingerprint density at radius 3 is 2.77 bits per heavy atom. The molecule has 4 rings (SSSR count). The normalized spacial score (nSPS) is 13.4. The van der Waals surface area contributed by atoms with E-state index < -0.39 is 5.91 Å². The smallest absolute Gasteiger partial charge is 0.266 e. The second kappa shape index (κ2) is 8.31. The van der Waals surface area contributed by atoms with Gasteiger partial charge in [-0.15, -0.1) is 22.7 Å². The Morgan fingerprint density at radius 1 is 1.27 bits per heavy atom. The first-order chi connectivity index (χ1) is 14.4. The quantitative estimate of drug-likeness (QED) is 0.602. The van der Waals surface area contributed by atoms with Crippen LogP contribution in [0.2, 0.25) is 0 Å². The molecule has 30 heavy (non-hydrogen) atoms. The van der Waals surface area contributed by atoms with Crippen LogP contribution in [0.4, 0.5) is 5.00 Å². The highest BCUT2D eigenvalue weighted by Crippen LogP contribution is 2.38. The predicted molar refractivity (Wildman–Crippen MR) is 121 cm³/mol. The van der Waals surface area contributed by atoms with Crippen LogP contribution >= 0.6 is 22.7 Å². The molecule has 0 aliphatic heterocycles. The van der Waals surface area contributed by atoms with Gasteiger partial charge in [0, 0.05) is 11.4 Å². The molecule has 0 saturated carbocycles. The number of carbonyl (C=O) groups excluding carboxylic acids is 2. The van der Waals surface area contributed by atoms with E-state index in [0.717, 1.165) is 49.0 Å². The summed E-state index contributed by atoms with van der Waals surface area (Å²) in [6.45, 7) is 4.45. The van der Waals surface area contributed by atoms with Gasteiger partial charge in [0.2, 0.25) is 0 Å². The number of aryl methyl sites for hydroxylation is 3. The fourth-order valence-corrected chi connectivity index (χ4v) is 6.26. The molecule has 0 radical (unpaired) electrons. The first kappa shape index (κ1) is 20.7. The van der Waals surface area contributed by atoms with Crippen molar-refractivity contribution in [3.8, 4) is 0 Å². The highest BCUT2D eigenvalue weighted by atomic mass is 32.1. The Balaban J connectivity index is 1.70. The first-order valence-electron chi connectivity index (χ1n) is 10.2. The average Bonchev–Trinajstić information content (AvgIpc) is 3.25. The van der Waals surface area contributed by atoms with Gasteiger partial charge in [-0.05, 0) is 50.2 Å². The van der Waals surface area contributed by atoms with Crippen molar-refractivity contribution in [3.63, 3.8) is 0 Å². The van der Waals surface area contributed by atoms with E-state index in [0.29, 0.717) is 37.8 Å². The fraction of sp³-hybridized carbons (Fsp3) is 0.429. The number of nitrogens with one attached hydrogen (secondary N) is 1. The van der Waals surface area contributed by atoms with E-state index >= 15 is 0 Å². The Morgan fingerprint density at radius 2 is 2.03 bits per heavy atom. The lowest BCUT2D eigenvalue weighted by Crippen LogP contribution is -2.21. The molecule has 0 aromatic carbocycles. The maximum Gasteiger partial charge on any atom is 0.266 e. The number of amides is 2. The Hall–Kier alpha value is -2.52. The Kier molecular flexibility index (Phi) is 5.75. The molecule has 0 bridgehead atoms. The van der Waals surface area contributed by atoms with Crippen molar-refractivity contribution < 1.29 is 9.59 Å². The van der Waals surface area contributed by atoms with Crippen LogP contribution in [0.15, 0.2) is 11.1 Å². The summed E-state index contributed by atoms with van der Waals surface area (Å²) in [6, 6.07) is 0. The van der Waals surface area contributed by atoms with E-state index in [1.54, 1.807) is 17.8 Å². The second-order valence-corrected chi connectivity index (χ2v) is 9.67. The molecule has 9 heteroatoms. The van der Waals surface area contributed by atoms with Crippen LogP contribution < -0.4 is 16.6 Å². The predicted octanol–water partition coefficient (Wildman–Crippen LogP) is 3.86. The fourth-order valence-electron chi connectivity index (χ4n) is 3.94. The van der Waals surface area contributed by atoms with Crippen LogP contribution in [0.5, 0.6) is 0 Å². The number of unbranched alkanes of at least 4 members (excludes halogenated alkanes) is 1. The molecule has 158 valence electrons. The van der Waals surface area contributed by atoms with Gasteiger partial charge in [-0.3, -0.25) is 19.0 Å². The zero-order valence-electron chi connectivity index (χ0n) is 17.0. The zero-order valence-corrected chi connectivity index (χ0v) is 18.7. The van der Waals surface area contributed by atoms with Crippen molar-refractivity contribution in [1.29, 1.82) is 0 Å². The van der Waals surface area contributed by atoms with Gasteiger partial charge in [0.25, 0.3) is 17.4 Å². The molecule has 0 spiro atoms. The summed E-state index contributed by atoms with van der Waals surface area (Å²) in [6.07, 6.45) is 7.22. The molecule has 7 nitrogen and oxygen atoms in total. The Bertz CT molecular complexity index is 1210. The number of nitrogens with two attached hydrogens (primary N) is 1. The van der Waals surface area contributed by atoms with Gasteiger partial charge in [0.1, 0.15) is 9.83 Å². The van der Waals surface area contributed by atoms with Crippen LogP contribution in [-0.4, -0.2) is 21.4 Å². The highest BCUT2D eigenvalue weighted by Gasteiger charge is 2.26. The van der Waals surface area contributed by atoms with E-state index in [-0.39, 0.29) is 11.5 Å². The molecular formula is C21H24N4O3S2. The molecule has 3 heterocycles. The third-order valence-corrected chi connectivity index (χ3v) is 7.93. The van der Waals surface area contributed by atoms with E-state index in [9.17, 15) is 14.4 Å². The standard InChI is InChI=1S/C21H24N4O3S2/c1-3-4-9-25-10-23-19-14(21(25)28)11(2)16(30-19)18(27)24-20-15(17(22)26)12-7-5-6-8-13(12)29-20/h10H,3-9H2,1-2H3,(H2,22,26)(H,24,27). The molecule has 2 amide bonds. The average molecular weight is 445 g/mol. The topological polar surface area (TPSA) is 107 Å². The second-order valence-electron chi connectivity index (χ2n) is 7.57. The molecule has 3 aromatic heterocycles. The van der Waals surface area contributed by atoms with Gasteiger partial charge in [0.15, 0.2) is 0 Å². The molecule has 1 aliphatic carbocycles. The lowest BCUT2D eigenvalue weighted by Gasteiger charge is -2.11. The highest BCUT2D eigenvalue weighted by molar-refractivity contribution is 7.21. The van der Waals surface area contributed by atoms with Gasteiger partial charge in [0.05, 0.1) is 22.2 Å². The minimum Gasteiger partial charge on any atom is -0.365 e. The zero-order chi connectivity index (χ0) is 21.4. The van der Waals surface area contributed by atoms with Crippen LogP contribution in [0, 0.1) is 6.92 Å². The van der Waals surface area contributed by atoms with Crippen LogP contribution in [-0.2, 0) is 19.4 Å². The summed E-state index contributed by atoms with van der Waals surface area (Å²) >= 11 is 2.63. The molecule has 3 aromatic rings. The molecule has 0 unspecified atom stereocenters. The van der Waals surface area contributed by atoms with Crippen molar-refractivity contribution >= 4 is 49.7 Å². The SMILES string of the molecule is CCCCn1cnc2sc(C(=O)Nc3sc4c(c3C(N)=O)CCCC4)c(C)c2c1=O. The third-order valence-electron chi connectivity index (χ3n) is 5.52. The summed E-state index contributed by atoms with van der Waals surface area (Å²) in [7, 11) is 0. The summed E-state index contributed by atoms with van der Waals surface area (Å²) in [5, 5.41) is 3.88. The number of carbonyl (C=O) groups is 2. The molecule has 0 atom stereocenters. The largest absolute Gasteiger partial charge is 0.365 e. The number of thiophene rings is 2. The maximum absolute atomic E-state index is 13.1. The number of rotatable bonds is 6. The lowest BCUT2D eigenvalue weighted by atomic mass is 9.95. The number of primary amides is 1. The summed E-state index contributed by atoms with van der Waals surface area (Å²) < 4.78 is 1.60. The lowest BCUT2D eigenvalue weighted by molar-refractivity contribution is 0.100. The number of anilines is 1. The number of hydrogen-bond donors (Lipinski definition) is 2. The van der Waals surface area contributed by atoms with Crippen LogP contribution in [0.25, 0.3) is 10.2 Å². The number of aromatic nitrogens is 2. The summed E-state index contributed by atoms with van der Waals surface area (Å²) in [5.41, 5.74) is 7.54. The van der Waals surface area contributed by atoms with Gasteiger partial charge >= 0.3 is 0 Å². The maximum atomic E-state index is 13.1. The molecule has 0 fully saturated rings. The van der Waals surface area contributed by atoms with Crippen molar-refractivity contribution in [3.05, 3.63) is 43.1 Å². The molecule has 0 saturated heterocycles. The summed E-state index contributed by atoms with van der Waals surface area (Å²) in [4.78, 5) is 44.5. The molecule has 1 aliphatic rings. The van der Waals surface area contributed by atoms with E-state index in [1.165, 1.54) is 22.7 Å². The Labute approximate surface area is 181 Å². The van der Waals surface area contributed by atoms with E-state index in [4.69, 9.17) is 5.73 Å². The van der Waals surface area contributed by atoms with Crippen LogP contribution in [0.1, 0.15) is 68.6 Å². The van der Waals surface area contributed by atoms with Gasteiger partial charge in [-0.2, -0.15) is 0 Å². The van der Waals surface area contributed by atoms with E-state index in [1.807, 2.05) is 0 Å². The van der Waals surface area contributed by atoms with E-state index in [2.05, 4.69) is 17.2 Å². The van der Waals surface area contributed by atoms with Crippen molar-refractivity contribution in [2.45, 2.75) is 58.9 Å². The minimum absolute atomic E-state index is 0.120. The number of hydrogen-bond acceptors (Lipinski definition) is 6. The van der Waals surface area contributed by atoms with Crippen molar-refractivity contribution in [1.82, 2.24) is 9.55 Å². The van der Waals surface area contributed by atoms with Crippen LogP contribution in [0.3, 0.4) is 0 Å². The third kappa shape index (κ3) is 3.56. The van der Waals surface area contributed by atoms with Gasteiger partial charge in [-0.25, -0.2) is 4.98 Å². The molecular weight excluding hydrogens is 420 g/mol. The first-order valence-corrected chi connectivity index (χ1v) is 11.8. The molecule has 3 N–H and O–H groups in total. The van der Waals surface area contributed by atoms with Crippen molar-refractivity contribution in [2.75, 3.05) is 5.32 Å². The minimum atomic E-state index is -0.516. The van der Waals surface area contributed by atoms with Crippen molar-refractivity contribution in [2.24, 2.45) is 5.73 Å². The number of fused-ring (bicyclic) bond motifs is 2. The summed E-state index contributed by atoms with van der Waals surface area (Å²) in [5.74, 6) is -0.852. The van der Waals surface area contributed by atoms with Gasteiger partial charge < -0.3 is 11.1 Å². The van der Waals surface area contributed by atoms with Gasteiger partial charge in [-0.1, -0.05) is 13.3 Å².